The Labute approximate surface area is 140 Å². The minimum absolute atomic E-state index is 0.196. The van der Waals surface area contributed by atoms with Gasteiger partial charge in [-0.05, 0) is 26.3 Å². The van der Waals surface area contributed by atoms with Gasteiger partial charge in [-0.25, -0.2) is 4.79 Å². The number of H-pyrrole nitrogens is 1. The molecule has 2 aromatic heterocycles. The van der Waals surface area contributed by atoms with Gasteiger partial charge in [-0.1, -0.05) is 19.0 Å². The first-order valence-electron chi connectivity index (χ1n) is 8.47. The number of nitrogens with zero attached hydrogens (tertiary/aromatic N) is 3. The highest BCUT2D eigenvalue weighted by atomic mass is 16.5. The average molecular weight is 332 g/mol. The van der Waals surface area contributed by atoms with Crippen LogP contribution in [0, 0.1) is 6.92 Å². The van der Waals surface area contributed by atoms with Crippen LogP contribution in [0.15, 0.2) is 26.2 Å². The summed E-state index contributed by atoms with van der Waals surface area (Å²) >= 11 is 0. The van der Waals surface area contributed by atoms with Crippen molar-refractivity contribution in [3.05, 3.63) is 50.1 Å². The summed E-state index contributed by atoms with van der Waals surface area (Å²) in [5.41, 5.74) is 0.931. The molecule has 0 radical (unpaired) electrons. The Bertz CT molecular complexity index is 786. The van der Waals surface area contributed by atoms with Gasteiger partial charge in [0.05, 0.1) is 6.04 Å². The molecule has 1 fully saturated rings. The number of aromatic nitrogens is 3. The maximum atomic E-state index is 12.0. The smallest absolute Gasteiger partial charge is 0.328 e. The Kier molecular flexibility index (Phi) is 4.71. The fourth-order valence-electron chi connectivity index (χ4n) is 3.24. The summed E-state index contributed by atoms with van der Waals surface area (Å²) in [6, 6.07) is 3.68. The van der Waals surface area contributed by atoms with Gasteiger partial charge in [-0.3, -0.25) is 14.3 Å². The van der Waals surface area contributed by atoms with Crippen molar-refractivity contribution in [2.45, 2.75) is 52.1 Å². The first-order valence-corrected chi connectivity index (χ1v) is 8.47. The van der Waals surface area contributed by atoms with Crippen molar-refractivity contribution < 1.29 is 4.52 Å². The molecule has 0 spiro atoms. The Morgan fingerprint density at radius 2 is 2.12 bits per heavy atom. The van der Waals surface area contributed by atoms with E-state index in [1.807, 2.05) is 6.07 Å². The maximum Gasteiger partial charge on any atom is 0.328 e. The van der Waals surface area contributed by atoms with Crippen molar-refractivity contribution in [3.8, 4) is 0 Å². The van der Waals surface area contributed by atoms with Crippen LogP contribution >= 0.6 is 0 Å². The molecule has 130 valence electrons. The van der Waals surface area contributed by atoms with E-state index in [0.717, 1.165) is 30.8 Å². The molecule has 7 heteroatoms. The lowest BCUT2D eigenvalue weighted by Crippen LogP contribution is -2.39. The lowest BCUT2D eigenvalue weighted by atomic mass is 10.1. The van der Waals surface area contributed by atoms with E-state index in [-0.39, 0.29) is 17.3 Å². The molecule has 0 bridgehead atoms. The van der Waals surface area contributed by atoms with Gasteiger partial charge in [0.1, 0.15) is 11.5 Å². The van der Waals surface area contributed by atoms with Crippen LogP contribution in [0.1, 0.15) is 55.8 Å². The molecule has 1 aliphatic heterocycles. The molecule has 0 aliphatic carbocycles. The van der Waals surface area contributed by atoms with Crippen LogP contribution in [0.4, 0.5) is 0 Å². The molecule has 3 rings (SSSR count). The monoisotopic (exact) mass is 332 g/mol. The van der Waals surface area contributed by atoms with E-state index in [4.69, 9.17) is 4.52 Å². The SMILES string of the molecule is Cc1cc(=O)n(CCN2CCCC2c2cc(C(C)C)on2)c(=O)[nH]1. The van der Waals surface area contributed by atoms with E-state index in [9.17, 15) is 9.59 Å². The van der Waals surface area contributed by atoms with E-state index in [2.05, 4.69) is 28.9 Å². The van der Waals surface area contributed by atoms with Crippen LogP contribution in [0.3, 0.4) is 0 Å². The number of hydrogen-bond acceptors (Lipinski definition) is 5. The number of aromatic amines is 1. The van der Waals surface area contributed by atoms with Crippen LogP contribution in [-0.4, -0.2) is 32.7 Å². The van der Waals surface area contributed by atoms with Crippen LogP contribution in [0.25, 0.3) is 0 Å². The van der Waals surface area contributed by atoms with Gasteiger partial charge in [-0.2, -0.15) is 0 Å². The van der Waals surface area contributed by atoms with Crippen LogP contribution in [0.2, 0.25) is 0 Å². The first-order chi connectivity index (χ1) is 11.5. The number of rotatable bonds is 5. The third-order valence-electron chi connectivity index (χ3n) is 4.59. The summed E-state index contributed by atoms with van der Waals surface area (Å²) in [4.78, 5) is 28.9. The van der Waals surface area contributed by atoms with E-state index in [0.29, 0.717) is 24.7 Å². The van der Waals surface area contributed by atoms with Crippen molar-refractivity contribution >= 4 is 0 Å². The quantitative estimate of drug-likeness (QED) is 0.902. The molecule has 1 saturated heterocycles. The maximum absolute atomic E-state index is 12.0. The molecule has 7 nitrogen and oxygen atoms in total. The molecular formula is C17H24N4O3. The number of likely N-dealkylation sites (tertiary alicyclic amines) is 1. The lowest BCUT2D eigenvalue weighted by molar-refractivity contribution is 0.233. The molecule has 3 heterocycles. The van der Waals surface area contributed by atoms with Gasteiger partial charge >= 0.3 is 5.69 Å². The van der Waals surface area contributed by atoms with Gasteiger partial charge in [0.25, 0.3) is 5.56 Å². The molecule has 0 amide bonds. The highest BCUT2D eigenvalue weighted by Crippen LogP contribution is 2.32. The van der Waals surface area contributed by atoms with Crippen LogP contribution in [0.5, 0.6) is 0 Å². The molecule has 1 aliphatic rings. The van der Waals surface area contributed by atoms with Gasteiger partial charge in [0.2, 0.25) is 0 Å². The molecule has 24 heavy (non-hydrogen) atoms. The average Bonchev–Trinajstić information content (AvgIpc) is 3.14. The Morgan fingerprint density at radius 3 is 2.79 bits per heavy atom. The summed E-state index contributed by atoms with van der Waals surface area (Å²) in [6.45, 7) is 7.81. The molecule has 0 saturated carbocycles. The lowest BCUT2D eigenvalue weighted by Gasteiger charge is -2.22. The van der Waals surface area contributed by atoms with Crippen molar-refractivity contribution in [2.24, 2.45) is 0 Å². The van der Waals surface area contributed by atoms with Gasteiger partial charge in [0.15, 0.2) is 0 Å². The summed E-state index contributed by atoms with van der Waals surface area (Å²) in [5.74, 6) is 1.20. The predicted molar refractivity (Wildman–Crippen MR) is 90.2 cm³/mol. The van der Waals surface area contributed by atoms with Crippen molar-refractivity contribution in [2.75, 3.05) is 13.1 Å². The zero-order chi connectivity index (χ0) is 17.3. The Hall–Kier alpha value is -2.15. The third kappa shape index (κ3) is 3.36. The van der Waals surface area contributed by atoms with Crippen LogP contribution in [-0.2, 0) is 6.54 Å². The van der Waals surface area contributed by atoms with Crippen molar-refractivity contribution in [1.82, 2.24) is 19.6 Å². The van der Waals surface area contributed by atoms with Crippen molar-refractivity contribution in [3.63, 3.8) is 0 Å². The van der Waals surface area contributed by atoms with E-state index in [1.54, 1.807) is 6.92 Å². The fraction of sp³-hybridized carbons (Fsp3) is 0.588. The van der Waals surface area contributed by atoms with Gasteiger partial charge in [-0.15, -0.1) is 0 Å². The standard InChI is InChI=1S/C17H24N4O3/c1-11(2)15-10-13(19-24-15)14-5-4-6-20(14)7-8-21-16(22)9-12(3)18-17(21)23/h9-11,14H,4-8H2,1-3H3,(H,18,23). The largest absolute Gasteiger partial charge is 0.361 e. The zero-order valence-corrected chi connectivity index (χ0v) is 14.4. The predicted octanol–water partition coefficient (Wildman–Crippen LogP) is 1.79. The van der Waals surface area contributed by atoms with E-state index in [1.165, 1.54) is 10.6 Å². The molecule has 1 unspecified atom stereocenters. The highest BCUT2D eigenvalue weighted by molar-refractivity contribution is 5.13. The Morgan fingerprint density at radius 1 is 1.33 bits per heavy atom. The summed E-state index contributed by atoms with van der Waals surface area (Å²) in [7, 11) is 0. The molecular weight excluding hydrogens is 308 g/mol. The zero-order valence-electron chi connectivity index (χ0n) is 14.4. The number of hydrogen-bond donors (Lipinski definition) is 1. The van der Waals surface area contributed by atoms with E-state index >= 15 is 0 Å². The molecule has 0 aromatic carbocycles. The molecule has 1 atom stereocenters. The summed E-state index contributed by atoms with van der Waals surface area (Å²) < 4.78 is 6.67. The fourth-order valence-corrected chi connectivity index (χ4v) is 3.24. The van der Waals surface area contributed by atoms with Gasteiger partial charge in [0, 0.05) is 36.8 Å². The normalized spacial score (nSPS) is 18.6. The van der Waals surface area contributed by atoms with E-state index < -0.39 is 0 Å². The van der Waals surface area contributed by atoms with Gasteiger partial charge < -0.3 is 9.51 Å². The van der Waals surface area contributed by atoms with Crippen LogP contribution < -0.4 is 11.2 Å². The topological polar surface area (TPSA) is 84.1 Å². The second kappa shape index (κ2) is 6.76. The first kappa shape index (κ1) is 16.7. The Balaban J connectivity index is 1.73. The minimum Gasteiger partial charge on any atom is -0.361 e. The number of nitrogens with one attached hydrogen (secondary N) is 1. The number of aryl methyl sites for hydroxylation is 1. The van der Waals surface area contributed by atoms with Crippen molar-refractivity contribution in [1.29, 1.82) is 0 Å². The second-order valence-corrected chi connectivity index (χ2v) is 6.75. The summed E-state index contributed by atoms with van der Waals surface area (Å²) in [5, 5.41) is 4.22. The summed E-state index contributed by atoms with van der Waals surface area (Å²) in [6.07, 6.45) is 2.09. The second-order valence-electron chi connectivity index (χ2n) is 6.75. The molecule has 1 N–H and O–H groups in total. The highest BCUT2D eigenvalue weighted by Gasteiger charge is 2.28. The third-order valence-corrected chi connectivity index (χ3v) is 4.59. The minimum atomic E-state index is -0.348. The molecule has 2 aromatic rings.